The number of hydrogen-bond acceptors (Lipinski definition) is 4. The summed E-state index contributed by atoms with van der Waals surface area (Å²) in [5, 5.41) is 13.2. The predicted octanol–water partition coefficient (Wildman–Crippen LogP) is 5.18. The first kappa shape index (κ1) is 27.1. The highest BCUT2D eigenvalue weighted by Gasteiger charge is 2.30. The van der Waals surface area contributed by atoms with Gasteiger partial charge < -0.3 is 15.4 Å². The number of rotatable bonds is 8. The number of aromatic amines is 1. The zero-order valence-corrected chi connectivity index (χ0v) is 22.5. The molecule has 7 nitrogen and oxygen atoms in total. The quantitative estimate of drug-likeness (QED) is 0.243. The van der Waals surface area contributed by atoms with Crippen LogP contribution in [0.4, 0.5) is 4.39 Å². The Kier molecular flexibility index (Phi) is 7.83. The fourth-order valence-electron chi connectivity index (χ4n) is 5.15. The lowest BCUT2D eigenvalue weighted by Crippen LogP contribution is -2.41. The van der Waals surface area contributed by atoms with E-state index >= 15 is 0 Å². The van der Waals surface area contributed by atoms with E-state index < -0.39 is 10.0 Å². The van der Waals surface area contributed by atoms with Crippen LogP contribution in [-0.2, 0) is 21.4 Å². The second-order valence-electron chi connectivity index (χ2n) is 10.2. The molecule has 1 aromatic heterocycles. The number of fused-ring (bicyclic) bond motifs is 1. The zero-order valence-electron chi connectivity index (χ0n) is 21.7. The molecule has 1 aliphatic rings. The van der Waals surface area contributed by atoms with Crippen LogP contribution in [0.1, 0.15) is 49.8 Å². The van der Waals surface area contributed by atoms with E-state index in [4.69, 9.17) is 0 Å². The number of benzene rings is 3. The van der Waals surface area contributed by atoms with E-state index in [0.717, 1.165) is 33.3 Å². The summed E-state index contributed by atoms with van der Waals surface area (Å²) < 4.78 is 42.4. The molecule has 39 heavy (non-hydrogen) atoms. The summed E-state index contributed by atoms with van der Waals surface area (Å²) in [6.07, 6.45) is 2.31. The van der Waals surface area contributed by atoms with Gasteiger partial charge in [-0.1, -0.05) is 42.5 Å². The van der Waals surface area contributed by atoms with Crippen LogP contribution in [0.5, 0.6) is 0 Å². The molecular formula is C30H32FN3O4S. The lowest BCUT2D eigenvalue weighted by molar-refractivity contribution is -0.126. The second-order valence-corrected chi connectivity index (χ2v) is 12.0. The highest BCUT2D eigenvalue weighted by Crippen LogP contribution is 2.29. The third-order valence-electron chi connectivity index (χ3n) is 7.50. The van der Waals surface area contributed by atoms with Gasteiger partial charge in [-0.3, -0.25) is 4.79 Å². The third kappa shape index (κ3) is 6.21. The molecule has 0 radical (unpaired) electrons. The van der Waals surface area contributed by atoms with Crippen LogP contribution < -0.4 is 10.0 Å². The van der Waals surface area contributed by atoms with Crippen molar-refractivity contribution in [1.82, 2.24) is 15.0 Å². The van der Waals surface area contributed by atoms with Crippen molar-refractivity contribution >= 4 is 26.8 Å². The van der Waals surface area contributed by atoms with Crippen molar-refractivity contribution in [3.63, 3.8) is 0 Å². The topological polar surface area (TPSA) is 111 Å². The van der Waals surface area contributed by atoms with Gasteiger partial charge in [-0.2, -0.15) is 0 Å². The Morgan fingerprint density at radius 1 is 1.00 bits per heavy atom. The number of halogens is 1. The van der Waals surface area contributed by atoms with E-state index in [1.807, 2.05) is 37.3 Å². The standard InChI is InChI=1S/C30H32FN3O4S/c1-19(21-6-11-25(31)12-7-21)32-30(36)23-8-13-26(14-9-23)34-39(37,38)27-15-10-24-16-28(33-29(24)17-27)22-4-2-20(18-35)3-5-22/h2-7,10-12,15-17,19,23,26,33-35H,8-9,13-14,18H2,1H3,(H,32,36)/t19-,23?,26?/m1/s1. The van der Waals surface area contributed by atoms with Gasteiger partial charge in [0.15, 0.2) is 0 Å². The van der Waals surface area contributed by atoms with E-state index in [1.165, 1.54) is 12.1 Å². The van der Waals surface area contributed by atoms with Crippen LogP contribution in [0.2, 0.25) is 0 Å². The first-order valence-electron chi connectivity index (χ1n) is 13.1. The molecule has 9 heteroatoms. The molecule has 1 saturated carbocycles. The smallest absolute Gasteiger partial charge is 0.240 e. The predicted molar refractivity (Wildman–Crippen MR) is 149 cm³/mol. The number of aromatic nitrogens is 1. The van der Waals surface area contributed by atoms with E-state index in [-0.39, 0.29) is 41.2 Å². The van der Waals surface area contributed by atoms with Crippen molar-refractivity contribution in [3.8, 4) is 11.3 Å². The van der Waals surface area contributed by atoms with Gasteiger partial charge in [0.05, 0.1) is 17.5 Å². The molecule has 5 rings (SSSR count). The minimum Gasteiger partial charge on any atom is -0.392 e. The Balaban J connectivity index is 1.19. The van der Waals surface area contributed by atoms with Crippen molar-refractivity contribution in [2.24, 2.45) is 5.92 Å². The number of sulfonamides is 1. The average molecular weight is 550 g/mol. The minimum atomic E-state index is -3.74. The van der Waals surface area contributed by atoms with E-state index in [2.05, 4.69) is 15.0 Å². The summed E-state index contributed by atoms with van der Waals surface area (Å²) in [6.45, 7) is 1.84. The number of amides is 1. The van der Waals surface area contributed by atoms with Crippen molar-refractivity contribution in [2.45, 2.75) is 56.2 Å². The maximum atomic E-state index is 13.2. The number of carbonyl (C=O) groups excluding carboxylic acids is 1. The van der Waals surface area contributed by atoms with Crippen LogP contribution in [-0.4, -0.2) is 30.5 Å². The lowest BCUT2D eigenvalue weighted by Gasteiger charge is -2.29. The molecule has 1 fully saturated rings. The largest absolute Gasteiger partial charge is 0.392 e. The Morgan fingerprint density at radius 3 is 2.36 bits per heavy atom. The Morgan fingerprint density at radius 2 is 1.69 bits per heavy atom. The summed E-state index contributed by atoms with van der Waals surface area (Å²) in [7, 11) is -3.74. The summed E-state index contributed by atoms with van der Waals surface area (Å²) in [5.41, 5.74) is 4.18. The molecule has 4 aromatic rings. The Hall–Kier alpha value is -3.53. The SMILES string of the molecule is C[C@@H](NC(=O)C1CCC(NS(=O)(=O)c2ccc3cc(-c4ccc(CO)cc4)[nH]c3c2)CC1)c1ccc(F)cc1. The van der Waals surface area contributed by atoms with Gasteiger partial charge in [-0.05, 0) is 79.6 Å². The monoisotopic (exact) mass is 549 g/mol. The van der Waals surface area contributed by atoms with Crippen molar-refractivity contribution in [2.75, 3.05) is 0 Å². The molecule has 204 valence electrons. The van der Waals surface area contributed by atoms with Gasteiger partial charge in [0.25, 0.3) is 0 Å². The second kappa shape index (κ2) is 11.3. The van der Waals surface area contributed by atoms with Gasteiger partial charge in [0.1, 0.15) is 5.82 Å². The highest BCUT2D eigenvalue weighted by atomic mass is 32.2. The first-order valence-corrected chi connectivity index (χ1v) is 14.6. The fraction of sp³-hybridized carbons (Fsp3) is 0.300. The summed E-state index contributed by atoms with van der Waals surface area (Å²) in [5.74, 6) is -0.568. The molecule has 3 aromatic carbocycles. The summed E-state index contributed by atoms with van der Waals surface area (Å²) in [6, 6.07) is 20.1. The Labute approximate surface area is 227 Å². The minimum absolute atomic E-state index is 0.0211. The number of aliphatic hydroxyl groups is 1. The molecule has 4 N–H and O–H groups in total. The molecule has 1 atom stereocenters. The molecule has 0 spiro atoms. The van der Waals surface area contributed by atoms with Gasteiger partial charge in [0.2, 0.25) is 15.9 Å². The maximum absolute atomic E-state index is 13.2. The van der Waals surface area contributed by atoms with E-state index in [9.17, 15) is 22.7 Å². The van der Waals surface area contributed by atoms with Gasteiger partial charge in [-0.25, -0.2) is 17.5 Å². The molecule has 1 heterocycles. The first-order chi connectivity index (χ1) is 18.7. The fourth-order valence-corrected chi connectivity index (χ4v) is 6.48. The van der Waals surface area contributed by atoms with E-state index in [1.54, 1.807) is 30.3 Å². The summed E-state index contributed by atoms with van der Waals surface area (Å²) >= 11 is 0. The lowest BCUT2D eigenvalue weighted by atomic mass is 9.85. The van der Waals surface area contributed by atoms with Crippen LogP contribution >= 0.6 is 0 Å². The Bertz CT molecular complexity index is 1560. The number of hydrogen-bond donors (Lipinski definition) is 4. The summed E-state index contributed by atoms with van der Waals surface area (Å²) in [4.78, 5) is 16.3. The maximum Gasteiger partial charge on any atom is 0.240 e. The molecule has 0 aliphatic heterocycles. The number of H-pyrrole nitrogens is 1. The average Bonchev–Trinajstić information content (AvgIpc) is 3.37. The zero-order chi connectivity index (χ0) is 27.6. The number of nitrogens with one attached hydrogen (secondary N) is 3. The highest BCUT2D eigenvalue weighted by molar-refractivity contribution is 7.89. The molecule has 0 bridgehead atoms. The number of carbonyl (C=O) groups is 1. The van der Waals surface area contributed by atoms with Crippen molar-refractivity contribution < 1.29 is 22.7 Å². The molecule has 0 unspecified atom stereocenters. The van der Waals surface area contributed by atoms with Crippen molar-refractivity contribution in [3.05, 3.63) is 89.7 Å². The van der Waals surface area contributed by atoms with Gasteiger partial charge in [-0.15, -0.1) is 0 Å². The molecule has 1 aliphatic carbocycles. The van der Waals surface area contributed by atoms with Crippen LogP contribution in [0.15, 0.2) is 77.7 Å². The van der Waals surface area contributed by atoms with Crippen LogP contribution in [0.3, 0.4) is 0 Å². The van der Waals surface area contributed by atoms with Gasteiger partial charge in [0, 0.05) is 28.6 Å². The van der Waals surface area contributed by atoms with E-state index in [0.29, 0.717) is 25.7 Å². The molecule has 0 saturated heterocycles. The van der Waals surface area contributed by atoms with Crippen molar-refractivity contribution in [1.29, 1.82) is 0 Å². The van der Waals surface area contributed by atoms with Crippen LogP contribution in [0.25, 0.3) is 22.2 Å². The number of aliphatic hydroxyl groups excluding tert-OH is 1. The third-order valence-corrected chi connectivity index (χ3v) is 9.02. The van der Waals surface area contributed by atoms with Crippen LogP contribution in [0, 0.1) is 11.7 Å². The molecular weight excluding hydrogens is 517 g/mol. The van der Waals surface area contributed by atoms with Gasteiger partial charge >= 0.3 is 0 Å². The molecule has 1 amide bonds. The normalized spacial score (nSPS) is 18.6.